The van der Waals surface area contributed by atoms with Crippen molar-refractivity contribution in [2.45, 2.75) is 19.3 Å². The molecule has 1 atom stereocenters. The minimum atomic E-state index is -0.874. The molecule has 1 aromatic heterocycles. The number of ether oxygens (including phenoxy) is 1. The lowest BCUT2D eigenvalue weighted by Gasteiger charge is -2.12. The SMILES string of the molecule is O=c1c2ccccc2nnn1C[C@@H](O)COCc1ccccc1Cl. The van der Waals surface area contributed by atoms with Crippen LogP contribution in [0.3, 0.4) is 0 Å². The summed E-state index contributed by atoms with van der Waals surface area (Å²) in [6, 6.07) is 14.3. The Morgan fingerprint density at radius 1 is 1.17 bits per heavy atom. The molecule has 0 fully saturated rings. The lowest BCUT2D eigenvalue weighted by atomic mass is 10.2. The summed E-state index contributed by atoms with van der Waals surface area (Å²) in [5, 5.41) is 19.0. The lowest BCUT2D eigenvalue weighted by Crippen LogP contribution is -2.31. The third-order valence-corrected chi connectivity index (χ3v) is 3.91. The summed E-state index contributed by atoms with van der Waals surface area (Å²) in [6.45, 7) is 0.361. The third-order valence-electron chi connectivity index (χ3n) is 3.54. The Morgan fingerprint density at radius 2 is 1.92 bits per heavy atom. The maximum atomic E-state index is 12.3. The highest BCUT2D eigenvalue weighted by atomic mass is 35.5. The normalized spacial score (nSPS) is 12.4. The molecule has 3 rings (SSSR count). The topological polar surface area (TPSA) is 77.2 Å². The number of hydrogen-bond donors (Lipinski definition) is 1. The molecule has 0 aliphatic heterocycles. The molecule has 0 aliphatic rings. The zero-order valence-electron chi connectivity index (χ0n) is 12.8. The first-order chi connectivity index (χ1) is 11.6. The first kappa shape index (κ1) is 16.6. The highest BCUT2D eigenvalue weighted by Crippen LogP contribution is 2.15. The molecule has 0 aliphatic carbocycles. The van der Waals surface area contributed by atoms with E-state index in [1.54, 1.807) is 30.3 Å². The number of aliphatic hydroxyl groups is 1. The van der Waals surface area contributed by atoms with Gasteiger partial charge in [-0.25, -0.2) is 4.68 Å². The van der Waals surface area contributed by atoms with Crippen molar-refractivity contribution in [2.75, 3.05) is 6.61 Å². The smallest absolute Gasteiger partial charge is 0.277 e. The van der Waals surface area contributed by atoms with Crippen molar-refractivity contribution in [1.82, 2.24) is 15.0 Å². The number of hydrogen-bond acceptors (Lipinski definition) is 5. The van der Waals surface area contributed by atoms with Gasteiger partial charge < -0.3 is 9.84 Å². The van der Waals surface area contributed by atoms with Crippen LogP contribution in [0, 0.1) is 0 Å². The van der Waals surface area contributed by atoms with Crippen molar-refractivity contribution in [1.29, 1.82) is 0 Å². The van der Waals surface area contributed by atoms with Gasteiger partial charge in [-0.1, -0.05) is 47.1 Å². The van der Waals surface area contributed by atoms with Crippen LogP contribution >= 0.6 is 11.6 Å². The van der Waals surface area contributed by atoms with E-state index in [1.807, 2.05) is 18.2 Å². The predicted molar refractivity (Wildman–Crippen MR) is 90.9 cm³/mol. The Kier molecular flexibility index (Phi) is 5.20. The van der Waals surface area contributed by atoms with Gasteiger partial charge in [0.1, 0.15) is 5.52 Å². The van der Waals surface area contributed by atoms with E-state index in [0.29, 0.717) is 15.9 Å². The minimum Gasteiger partial charge on any atom is -0.389 e. The summed E-state index contributed by atoms with van der Waals surface area (Å²) in [5.74, 6) is 0. The van der Waals surface area contributed by atoms with Gasteiger partial charge in [-0.15, -0.1) is 5.10 Å². The van der Waals surface area contributed by atoms with Crippen LogP contribution in [-0.4, -0.2) is 32.8 Å². The molecule has 1 N–H and O–H groups in total. The Hall–Kier alpha value is -2.28. The first-order valence-electron chi connectivity index (χ1n) is 7.47. The predicted octanol–water partition coefficient (Wildman–Crippen LogP) is 2.02. The van der Waals surface area contributed by atoms with Crippen molar-refractivity contribution in [2.24, 2.45) is 0 Å². The van der Waals surface area contributed by atoms with Gasteiger partial charge in [0.15, 0.2) is 0 Å². The van der Waals surface area contributed by atoms with Gasteiger partial charge in [0.25, 0.3) is 5.56 Å². The average Bonchev–Trinajstić information content (AvgIpc) is 2.59. The molecular weight excluding hydrogens is 330 g/mol. The second kappa shape index (κ2) is 7.53. The molecule has 2 aromatic carbocycles. The van der Waals surface area contributed by atoms with Crippen molar-refractivity contribution in [3.63, 3.8) is 0 Å². The highest BCUT2D eigenvalue weighted by Gasteiger charge is 2.11. The Labute approximate surface area is 143 Å². The molecule has 3 aromatic rings. The van der Waals surface area contributed by atoms with E-state index in [-0.39, 0.29) is 25.3 Å². The molecule has 6 nitrogen and oxygen atoms in total. The van der Waals surface area contributed by atoms with Gasteiger partial charge in [0, 0.05) is 5.02 Å². The fourth-order valence-electron chi connectivity index (χ4n) is 2.32. The first-order valence-corrected chi connectivity index (χ1v) is 7.84. The summed E-state index contributed by atoms with van der Waals surface area (Å²) in [7, 11) is 0. The number of benzene rings is 2. The Morgan fingerprint density at radius 3 is 2.75 bits per heavy atom. The Balaban J connectivity index is 1.61. The number of fused-ring (bicyclic) bond motifs is 1. The van der Waals surface area contributed by atoms with Crippen LogP contribution in [0.2, 0.25) is 5.02 Å². The molecule has 0 saturated heterocycles. The van der Waals surface area contributed by atoms with E-state index < -0.39 is 6.10 Å². The van der Waals surface area contributed by atoms with Gasteiger partial charge in [-0.05, 0) is 23.8 Å². The van der Waals surface area contributed by atoms with Crippen LogP contribution in [0.5, 0.6) is 0 Å². The molecule has 0 unspecified atom stereocenters. The average molecular weight is 346 g/mol. The number of nitrogens with zero attached hydrogens (tertiary/aromatic N) is 3. The molecule has 124 valence electrons. The standard InChI is InChI=1S/C17H16ClN3O3/c18-15-7-3-1-5-12(15)10-24-11-13(22)9-21-17(23)14-6-2-4-8-16(14)19-20-21/h1-8,13,22H,9-11H2/t13-/m1/s1. The number of aliphatic hydroxyl groups excluding tert-OH is 1. The van der Waals surface area contributed by atoms with Crippen LogP contribution in [0.4, 0.5) is 0 Å². The van der Waals surface area contributed by atoms with Crippen molar-refractivity contribution >= 4 is 22.5 Å². The maximum Gasteiger partial charge on any atom is 0.277 e. The van der Waals surface area contributed by atoms with E-state index in [4.69, 9.17) is 16.3 Å². The molecule has 0 radical (unpaired) electrons. The van der Waals surface area contributed by atoms with Crippen LogP contribution in [0.1, 0.15) is 5.56 Å². The molecule has 24 heavy (non-hydrogen) atoms. The van der Waals surface area contributed by atoms with Crippen molar-refractivity contribution < 1.29 is 9.84 Å². The zero-order chi connectivity index (χ0) is 16.9. The van der Waals surface area contributed by atoms with Crippen LogP contribution in [-0.2, 0) is 17.9 Å². The summed E-state index contributed by atoms with van der Waals surface area (Å²) < 4.78 is 6.61. The van der Waals surface area contributed by atoms with Gasteiger partial charge >= 0.3 is 0 Å². The second-order valence-corrected chi connectivity index (χ2v) is 5.76. The van der Waals surface area contributed by atoms with Crippen LogP contribution < -0.4 is 5.56 Å². The third kappa shape index (κ3) is 3.79. The van der Waals surface area contributed by atoms with Crippen molar-refractivity contribution in [3.8, 4) is 0 Å². The van der Waals surface area contributed by atoms with Gasteiger partial charge in [0.2, 0.25) is 0 Å². The summed E-state index contributed by atoms with van der Waals surface area (Å²) in [6.07, 6.45) is -0.874. The highest BCUT2D eigenvalue weighted by molar-refractivity contribution is 6.31. The van der Waals surface area contributed by atoms with E-state index in [0.717, 1.165) is 10.2 Å². The van der Waals surface area contributed by atoms with Crippen molar-refractivity contribution in [3.05, 3.63) is 69.5 Å². The fraction of sp³-hybridized carbons (Fsp3) is 0.235. The van der Waals surface area contributed by atoms with E-state index in [2.05, 4.69) is 10.3 Å². The van der Waals surface area contributed by atoms with E-state index >= 15 is 0 Å². The monoisotopic (exact) mass is 345 g/mol. The summed E-state index contributed by atoms with van der Waals surface area (Å²) >= 11 is 6.04. The Bertz CT molecular complexity index is 897. The maximum absolute atomic E-state index is 12.3. The summed E-state index contributed by atoms with van der Waals surface area (Å²) in [4.78, 5) is 12.3. The number of rotatable bonds is 6. The van der Waals surface area contributed by atoms with Gasteiger partial charge in [-0.3, -0.25) is 4.79 Å². The largest absolute Gasteiger partial charge is 0.389 e. The minimum absolute atomic E-state index is 0.0131. The molecule has 0 amide bonds. The molecule has 0 saturated carbocycles. The lowest BCUT2D eigenvalue weighted by molar-refractivity contribution is 0.0177. The van der Waals surface area contributed by atoms with Crippen LogP contribution in [0.15, 0.2) is 53.3 Å². The molecular formula is C17H16ClN3O3. The molecule has 1 heterocycles. The van der Waals surface area contributed by atoms with E-state index in [1.165, 1.54) is 0 Å². The van der Waals surface area contributed by atoms with Crippen LogP contribution in [0.25, 0.3) is 10.9 Å². The van der Waals surface area contributed by atoms with Gasteiger partial charge in [0.05, 0.1) is 31.2 Å². The quantitative estimate of drug-likeness (QED) is 0.739. The van der Waals surface area contributed by atoms with Gasteiger partial charge in [-0.2, -0.15) is 0 Å². The molecule has 0 bridgehead atoms. The molecule has 7 heteroatoms. The zero-order valence-corrected chi connectivity index (χ0v) is 13.6. The van der Waals surface area contributed by atoms with E-state index in [9.17, 15) is 9.90 Å². The fourth-order valence-corrected chi connectivity index (χ4v) is 2.51. The second-order valence-electron chi connectivity index (χ2n) is 5.35. The summed E-state index contributed by atoms with van der Waals surface area (Å²) in [5.41, 5.74) is 1.09. The molecule has 0 spiro atoms. The number of aromatic nitrogens is 3. The number of halogens is 1.